The number of carbonyl (C=O) groups excluding carboxylic acids is 1. The average molecular weight is 556 g/mol. The quantitative estimate of drug-likeness (QED) is 0.221. The summed E-state index contributed by atoms with van der Waals surface area (Å²) in [5.74, 6) is 0.0220. The van der Waals surface area contributed by atoms with Gasteiger partial charge in [0.15, 0.2) is 5.16 Å². The third-order valence-corrected chi connectivity index (χ3v) is 8.82. The van der Waals surface area contributed by atoms with Crippen LogP contribution in [0.4, 0.5) is 13.2 Å². The van der Waals surface area contributed by atoms with Crippen molar-refractivity contribution in [2.24, 2.45) is 0 Å². The average Bonchev–Trinajstić information content (AvgIpc) is 2.90. The summed E-state index contributed by atoms with van der Waals surface area (Å²) in [6.45, 7) is 0.819. The molecule has 9 heteroatoms. The van der Waals surface area contributed by atoms with E-state index in [1.807, 2.05) is 30.3 Å². The van der Waals surface area contributed by atoms with Gasteiger partial charge in [0.2, 0.25) is 5.91 Å². The Bertz CT molecular complexity index is 1350. The van der Waals surface area contributed by atoms with Crippen molar-refractivity contribution in [3.05, 3.63) is 87.3 Å². The molecule has 2 heterocycles. The van der Waals surface area contributed by atoms with E-state index in [1.54, 1.807) is 21.2 Å². The second-order valence-electron chi connectivity index (χ2n) is 10.3. The zero-order valence-electron chi connectivity index (χ0n) is 21.8. The molecule has 0 saturated heterocycles. The summed E-state index contributed by atoms with van der Waals surface area (Å²) in [4.78, 5) is 33.4. The molecular formula is C30H32F3N3O2S. The number of halogens is 3. The van der Waals surface area contributed by atoms with Crippen LogP contribution in [0.15, 0.2) is 64.5 Å². The number of amides is 1. The van der Waals surface area contributed by atoms with Gasteiger partial charge in [-0.3, -0.25) is 14.2 Å². The number of hydrogen-bond donors (Lipinski definition) is 0. The lowest BCUT2D eigenvalue weighted by Gasteiger charge is -2.30. The number of aryl methyl sites for hydroxylation is 1. The number of carbonyl (C=O) groups is 1. The predicted octanol–water partition coefficient (Wildman–Crippen LogP) is 6.58. The molecule has 5 rings (SSSR count). The summed E-state index contributed by atoms with van der Waals surface area (Å²) in [5.41, 5.74) is 2.31. The summed E-state index contributed by atoms with van der Waals surface area (Å²) in [7, 11) is 0. The van der Waals surface area contributed by atoms with Crippen molar-refractivity contribution in [3.63, 3.8) is 0 Å². The van der Waals surface area contributed by atoms with E-state index in [0.717, 1.165) is 59.9 Å². The number of nitrogens with zero attached hydrogens (tertiary/aromatic N) is 3. The van der Waals surface area contributed by atoms with Gasteiger partial charge < -0.3 is 4.90 Å². The Labute approximate surface area is 230 Å². The van der Waals surface area contributed by atoms with E-state index >= 15 is 0 Å². The minimum Gasteiger partial charge on any atom is -0.338 e. The lowest BCUT2D eigenvalue weighted by molar-refractivity contribution is -0.137. The smallest absolute Gasteiger partial charge is 0.338 e. The van der Waals surface area contributed by atoms with E-state index in [4.69, 9.17) is 4.98 Å². The van der Waals surface area contributed by atoms with Crippen molar-refractivity contribution in [3.8, 4) is 5.69 Å². The fourth-order valence-corrected chi connectivity index (χ4v) is 6.31. The van der Waals surface area contributed by atoms with Crippen molar-refractivity contribution < 1.29 is 18.0 Å². The van der Waals surface area contributed by atoms with Crippen LogP contribution in [0.2, 0.25) is 0 Å². The lowest BCUT2D eigenvalue weighted by atomic mass is 10.0. The van der Waals surface area contributed by atoms with Gasteiger partial charge in [-0.1, -0.05) is 54.9 Å². The normalized spacial score (nSPS) is 15.6. The molecule has 5 nitrogen and oxygen atoms in total. The molecule has 1 aliphatic carbocycles. The van der Waals surface area contributed by atoms with Gasteiger partial charge in [0.25, 0.3) is 5.56 Å². The number of alkyl halides is 3. The van der Waals surface area contributed by atoms with Crippen molar-refractivity contribution in [2.45, 2.75) is 80.9 Å². The first-order valence-electron chi connectivity index (χ1n) is 13.6. The highest BCUT2D eigenvalue weighted by atomic mass is 32.2. The van der Waals surface area contributed by atoms with Crippen LogP contribution in [0, 0.1) is 0 Å². The van der Waals surface area contributed by atoms with Crippen LogP contribution < -0.4 is 5.56 Å². The highest BCUT2D eigenvalue weighted by Crippen LogP contribution is 2.36. The molecule has 0 bridgehead atoms. The molecule has 0 radical (unpaired) electrons. The summed E-state index contributed by atoms with van der Waals surface area (Å²) >= 11 is 1.68. The summed E-state index contributed by atoms with van der Waals surface area (Å²) < 4.78 is 39.9. The number of fused-ring (bicyclic) bond motifs is 1. The lowest BCUT2D eigenvalue weighted by Crippen LogP contribution is -2.41. The maximum absolute atomic E-state index is 13.7. The largest absolute Gasteiger partial charge is 0.416 e. The molecule has 2 aromatic carbocycles. The number of rotatable bonds is 9. The Morgan fingerprint density at radius 1 is 1.00 bits per heavy atom. The first kappa shape index (κ1) is 27.5. The zero-order valence-corrected chi connectivity index (χ0v) is 22.6. The molecule has 0 N–H and O–H groups in total. The molecular weight excluding hydrogens is 523 g/mol. The number of hydrogen-bond acceptors (Lipinski definition) is 4. The molecule has 39 heavy (non-hydrogen) atoms. The van der Waals surface area contributed by atoms with Crippen molar-refractivity contribution in [1.29, 1.82) is 0 Å². The topological polar surface area (TPSA) is 55.2 Å². The van der Waals surface area contributed by atoms with Crippen molar-refractivity contribution in [2.75, 3.05) is 6.54 Å². The Morgan fingerprint density at radius 2 is 1.74 bits per heavy atom. The minimum atomic E-state index is -4.32. The Kier molecular flexibility index (Phi) is 8.45. The SMILES string of the molecule is O=C(CCCCCc1ccc(C(F)(F)F)cc1)N1CCc2nc(SC3CCC3)n(-c3ccccc3)c(=O)c2C1. The molecule has 0 atom stereocenters. The Hall–Kier alpha value is -3.07. The number of benzene rings is 2. The number of thioether (sulfide) groups is 1. The molecule has 2 aliphatic rings. The van der Waals surface area contributed by atoms with Crippen molar-refractivity contribution in [1.82, 2.24) is 14.5 Å². The van der Waals surface area contributed by atoms with Crippen molar-refractivity contribution >= 4 is 17.7 Å². The van der Waals surface area contributed by atoms with Gasteiger partial charge in [-0.05, 0) is 61.9 Å². The minimum absolute atomic E-state index is 0.0220. The van der Waals surface area contributed by atoms with Gasteiger partial charge in [-0.2, -0.15) is 13.2 Å². The van der Waals surface area contributed by atoms with E-state index in [0.29, 0.717) is 43.0 Å². The molecule has 1 amide bonds. The first-order chi connectivity index (χ1) is 18.8. The second kappa shape index (κ2) is 12.0. The first-order valence-corrected chi connectivity index (χ1v) is 14.5. The van der Waals surface area contributed by atoms with Gasteiger partial charge in [-0.25, -0.2) is 4.98 Å². The van der Waals surface area contributed by atoms with E-state index in [2.05, 4.69) is 0 Å². The van der Waals surface area contributed by atoms with Crippen LogP contribution in [-0.4, -0.2) is 32.2 Å². The van der Waals surface area contributed by atoms with Gasteiger partial charge in [0.1, 0.15) is 0 Å². The molecule has 1 saturated carbocycles. The molecule has 1 aliphatic heterocycles. The standard InChI is InChI=1S/C30H32F3N3O2S/c31-30(32,33)22-16-14-21(15-17-22)8-3-1-6-13-27(37)35-19-18-26-25(20-35)28(38)36(23-9-4-2-5-10-23)29(34-26)39-24-11-7-12-24/h2,4-5,9-10,14-17,24H,1,3,6-8,11-13,18-20H2. The number of aromatic nitrogens is 2. The fraction of sp³-hybridized carbons (Fsp3) is 0.433. The zero-order chi connectivity index (χ0) is 27.4. The summed E-state index contributed by atoms with van der Waals surface area (Å²) in [6.07, 6.45) is 3.10. The molecule has 0 unspecified atom stereocenters. The van der Waals surface area contributed by atoms with Crippen LogP contribution >= 0.6 is 11.8 Å². The van der Waals surface area contributed by atoms with Crippen LogP contribution in [0.1, 0.15) is 67.3 Å². The molecule has 3 aromatic rings. The van der Waals surface area contributed by atoms with E-state index in [1.165, 1.54) is 18.6 Å². The highest BCUT2D eigenvalue weighted by Gasteiger charge is 2.30. The summed E-state index contributed by atoms with van der Waals surface area (Å²) in [6, 6.07) is 14.8. The van der Waals surface area contributed by atoms with Crippen LogP contribution in [0.3, 0.4) is 0 Å². The van der Waals surface area contributed by atoms with E-state index in [-0.39, 0.29) is 18.0 Å². The van der Waals surface area contributed by atoms with Crippen LogP contribution in [0.25, 0.3) is 5.69 Å². The molecule has 1 fully saturated rings. The second-order valence-corrected chi connectivity index (χ2v) is 11.6. The molecule has 0 spiro atoms. The van der Waals surface area contributed by atoms with Gasteiger partial charge in [-0.15, -0.1) is 0 Å². The molecule has 206 valence electrons. The van der Waals surface area contributed by atoms with Crippen LogP contribution in [-0.2, 0) is 30.4 Å². The van der Waals surface area contributed by atoms with Gasteiger partial charge in [0.05, 0.1) is 29.1 Å². The number of para-hydroxylation sites is 1. The van der Waals surface area contributed by atoms with Crippen LogP contribution in [0.5, 0.6) is 0 Å². The summed E-state index contributed by atoms with van der Waals surface area (Å²) in [5, 5.41) is 1.23. The Balaban J connectivity index is 1.18. The van der Waals surface area contributed by atoms with E-state index < -0.39 is 11.7 Å². The highest BCUT2D eigenvalue weighted by molar-refractivity contribution is 7.99. The fourth-order valence-electron chi connectivity index (χ4n) is 4.99. The predicted molar refractivity (Wildman–Crippen MR) is 146 cm³/mol. The maximum atomic E-state index is 13.7. The van der Waals surface area contributed by atoms with E-state index in [9.17, 15) is 22.8 Å². The molecule has 1 aromatic heterocycles. The van der Waals surface area contributed by atoms with Gasteiger partial charge >= 0.3 is 6.18 Å². The maximum Gasteiger partial charge on any atom is 0.416 e. The third kappa shape index (κ3) is 6.57. The Morgan fingerprint density at radius 3 is 2.41 bits per heavy atom. The van der Waals surface area contributed by atoms with Gasteiger partial charge in [0, 0.05) is 24.6 Å². The number of unbranched alkanes of at least 4 members (excludes halogenated alkanes) is 2. The monoisotopic (exact) mass is 555 g/mol. The third-order valence-electron chi connectivity index (χ3n) is 7.53.